The Hall–Kier alpha value is -2.77. The molecule has 0 N–H and O–H groups in total. The lowest BCUT2D eigenvalue weighted by Crippen LogP contribution is -2.23. The van der Waals surface area contributed by atoms with Gasteiger partial charge in [0.1, 0.15) is 12.3 Å². The van der Waals surface area contributed by atoms with E-state index in [1.807, 2.05) is 19.1 Å². The van der Waals surface area contributed by atoms with Crippen molar-refractivity contribution in [2.75, 3.05) is 0 Å². The number of rotatable bonds is 6. The van der Waals surface area contributed by atoms with E-state index < -0.39 is 0 Å². The first-order valence-electron chi connectivity index (χ1n) is 7.23. The molecule has 0 aliphatic carbocycles. The van der Waals surface area contributed by atoms with Gasteiger partial charge >= 0.3 is 5.69 Å². The molecule has 1 aromatic carbocycles. The molecule has 0 spiro atoms. The molecule has 0 unspecified atom stereocenters. The van der Waals surface area contributed by atoms with E-state index in [0.717, 1.165) is 15.8 Å². The Morgan fingerprint density at radius 2 is 2.09 bits per heavy atom. The Kier molecular flexibility index (Phi) is 5.05. The van der Waals surface area contributed by atoms with Crippen molar-refractivity contribution in [2.24, 2.45) is 12.2 Å². The highest BCUT2D eigenvalue weighted by Crippen LogP contribution is 2.18. The summed E-state index contributed by atoms with van der Waals surface area (Å²) < 4.78 is 2.36. The number of benzene rings is 1. The van der Waals surface area contributed by atoms with E-state index in [1.54, 1.807) is 19.9 Å². The molecule has 0 radical (unpaired) electrons. The van der Waals surface area contributed by atoms with E-state index in [1.165, 1.54) is 11.7 Å². The number of carbonyl (C=O) groups excluding carboxylic acids is 1. The van der Waals surface area contributed by atoms with Gasteiger partial charge in [-0.15, -0.1) is 0 Å². The van der Waals surface area contributed by atoms with Gasteiger partial charge in [-0.1, -0.05) is 24.2 Å². The fourth-order valence-corrected chi connectivity index (χ4v) is 2.04. The maximum atomic E-state index is 12.0. The van der Waals surface area contributed by atoms with E-state index >= 15 is 0 Å². The zero-order chi connectivity index (χ0) is 17.0. The molecule has 1 aromatic heterocycles. The minimum absolute atomic E-state index is 0.0693. The molecule has 23 heavy (non-hydrogen) atoms. The number of hydrogen-bond acceptors (Lipinski definition) is 6. The summed E-state index contributed by atoms with van der Waals surface area (Å²) >= 11 is 0. The van der Waals surface area contributed by atoms with Crippen LogP contribution in [0.25, 0.3) is 5.69 Å². The Morgan fingerprint density at radius 1 is 1.35 bits per heavy atom. The normalized spacial score (nSPS) is 11.6. The van der Waals surface area contributed by atoms with Gasteiger partial charge in [0.25, 0.3) is 0 Å². The summed E-state index contributed by atoms with van der Waals surface area (Å²) in [7, 11) is 1.53. The first kappa shape index (κ1) is 16.6. The van der Waals surface area contributed by atoms with Gasteiger partial charge in [0.05, 0.1) is 5.69 Å². The second-order valence-corrected chi connectivity index (χ2v) is 5.10. The van der Waals surface area contributed by atoms with E-state index in [-0.39, 0.29) is 18.1 Å². The van der Waals surface area contributed by atoms with Crippen molar-refractivity contribution >= 4 is 11.5 Å². The highest BCUT2D eigenvalue weighted by Gasteiger charge is 2.13. The molecule has 122 valence electrons. The Balaban J connectivity index is 2.31. The molecular weight excluding hydrogens is 298 g/mol. The highest BCUT2D eigenvalue weighted by atomic mass is 16.6. The van der Waals surface area contributed by atoms with Gasteiger partial charge < -0.3 is 4.84 Å². The topological polar surface area (TPSA) is 91.4 Å². The van der Waals surface area contributed by atoms with Crippen molar-refractivity contribution < 1.29 is 9.63 Å². The molecule has 1 heterocycles. The molecule has 0 atom stereocenters. The van der Waals surface area contributed by atoms with Crippen LogP contribution >= 0.6 is 0 Å². The Bertz CT molecular complexity index is 804. The van der Waals surface area contributed by atoms with E-state index in [2.05, 4.69) is 15.6 Å². The zero-order valence-corrected chi connectivity index (χ0v) is 13.6. The largest absolute Gasteiger partial charge is 0.391 e. The third kappa shape index (κ3) is 3.53. The van der Waals surface area contributed by atoms with Crippen molar-refractivity contribution in [3.05, 3.63) is 39.8 Å². The molecule has 2 aromatic rings. The summed E-state index contributed by atoms with van der Waals surface area (Å²) in [6, 6.07) is 5.48. The number of aryl methyl sites for hydroxylation is 2. The van der Waals surface area contributed by atoms with Crippen LogP contribution in [0.1, 0.15) is 31.4 Å². The molecule has 0 amide bonds. The maximum absolute atomic E-state index is 12.0. The zero-order valence-electron chi connectivity index (χ0n) is 13.6. The molecule has 8 heteroatoms. The van der Waals surface area contributed by atoms with Crippen LogP contribution in [0.3, 0.4) is 0 Å². The summed E-state index contributed by atoms with van der Waals surface area (Å²) in [5.74, 6) is -0.0693. The van der Waals surface area contributed by atoms with Crippen molar-refractivity contribution in [2.45, 2.75) is 33.8 Å². The molecule has 0 aliphatic rings. The SMILES string of the molecule is CCC(=O)C(C)=NOCc1c(C)cccc1-n1nnn(C)c1=O. The molecule has 0 bridgehead atoms. The average Bonchev–Trinajstić information content (AvgIpc) is 2.87. The number of ketones is 1. The fraction of sp³-hybridized carbons (Fsp3) is 0.400. The van der Waals surface area contributed by atoms with Crippen LogP contribution in [0.15, 0.2) is 28.1 Å². The van der Waals surface area contributed by atoms with Crippen LogP contribution in [0.5, 0.6) is 0 Å². The third-order valence-electron chi connectivity index (χ3n) is 3.47. The molecular formula is C15H19N5O3. The van der Waals surface area contributed by atoms with Crippen molar-refractivity contribution in [3.8, 4) is 5.69 Å². The van der Waals surface area contributed by atoms with Crippen LogP contribution in [-0.4, -0.2) is 31.3 Å². The molecule has 0 aliphatic heterocycles. The van der Waals surface area contributed by atoms with Gasteiger partial charge in [0, 0.05) is 19.0 Å². The average molecular weight is 317 g/mol. The van der Waals surface area contributed by atoms with Crippen LogP contribution in [0.4, 0.5) is 0 Å². The quantitative estimate of drug-likeness (QED) is 0.588. The monoisotopic (exact) mass is 317 g/mol. The van der Waals surface area contributed by atoms with Gasteiger partial charge in [-0.25, -0.2) is 4.79 Å². The number of Topliss-reactive ketones (excluding diaryl/α,β-unsaturated/α-hetero) is 1. The van der Waals surface area contributed by atoms with Gasteiger partial charge in [0.2, 0.25) is 0 Å². The van der Waals surface area contributed by atoms with E-state index in [0.29, 0.717) is 17.8 Å². The maximum Gasteiger partial charge on any atom is 0.368 e. The number of nitrogens with zero attached hydrogens (tertiary/aromatic N) is 5. The standard InChI is InChI=1S/C15H19N5O3/c1-5-14(21)11(3)16-23-9-12-10(2)7-6-8-13(12)20-15(22)19(4)17-18-20/h6-8H,5,9H2,1-4H3. The third-order valence-corrected chi connectivity index (χ3v) is 3.47. The number of hydrogen-bond donors (Lipinski definition) is 0. The molecule has 2 rings (SSSR count). The number of aromatic nitrogens is 4. The number of oxime groups is 1. The lowest BCUT2D eigenvalue weighted by atomic mass is 10.1. The predicted octanol–water partition coefficient (Wildman–Crippen LogP) is 1.15. The fourth-order valence-electron chi connectivity index (χ4n) is 2.04. The number of tetrazole rings is 1. The summed E-state index contributed by atoms with van der Waals surface area (Å²) in [6.07, 6.45) is 0.378. The summed E-state index contributed by atoms with van der Waals surface area (Å²) in [4.78, 5) is 28.8. The number of carbonyl (C=O) groups is 1. The first-order chi connectivity index (χ1) is 11.0. The highest BCUT2D eigenvalue weighted by molar-refractivity contribution is 6.38. The Labute approximate surface area is 133 Å². The first-order valence-corrected chi connectivity index (χ1v) is 7.23. The molecule has 8 nitrogen and oxygen atoms in total. The van der Waals surface area contributed by atoms with Crippen molar-refractivity contribution in [1.82, 2.24) is 19.8 Å². The van der Waals surface area contributed by atoms with Gasteiger partial charge in [-0.3, -0.25) is 4.79 Å². The molecule has 0 fully saturated rings. The minimum atomic E-state index is -0.349. The smallest absolute Gasteiger partial charge is 0.368 e. The summed E-state index contributed by atoms with van der Waals surface area (Å²) in [6.45, 7) is 5.40. The van der Waals surface area contributed by atoms with Crippen LogP contribution < -0.4 is 5.69 Å². The van der Waals surface area contributed by atoms with Crippen LogP contribution in [-0.2, 0) is 23.3 Å². The van der Waals surface area contributed by atoms with E-state index in [4.69, 9.17) is 4.84 Å². The van der Waals surface area contributed by atoms with Crippen molar-refractivity contribution in [3.63, 3.8) is 0 Å². The minimum Gasteiger partial charge on any atom is -0.391 e. The lowest BCUT2D eigenvalue weighted by molar-refractivity contribution is -0.112. The van der Waals surface area contributed by atoms with E-state index in [9.17, 15) is 9.59 Å². The van der Waals surface area contributed by atoms with Crippen LogP contribution in [0, 0.1) is 6.92 Å². The van der Waals surface area contributed by atoms with Gasteiger partial charge in [-0.05, 0) is 35.9 Å². The second kappa shape index (κ2) is 6.99. The van der Waals surface area contributed by atoms with Gasteiger partial charge in [-0.2, -0.15) is 9.36 Å². The molecule has 0 saturated heterocycles. The lowest BCUT2D eigenvalue weighted by Gasteiger charge is -2.10. The van der Waals surface area contributed by atoms with Crippen molar-refractivity contribution in [1.29, 1.82) is 0 Å². The van der Waals surface area contributed by atoms with Crippen LogP contribution in [0.2, 0.25) is 0 Å². The predicted molar refractivity (Wildman–Crippen MR) is 84.5 cm³/mol. The summed E-state index contributed by atoms with van der Waals surface area (Å²) in [5.41, 5.74) is 2.24. The van der Waals surface area contributed by atoms with Gasteiger partial charge in [0.15, 0.2) is 5.78 Å². The second-order valence-electron chi connectivity index (χ2n) is 5.10. The Morgan fingerprint density at radius 3 is 2.70 bits per heavy atom. The summed E-state index contributed by atoms with van der Waals surface area (Å²) in [5, 5.41) is 11.4. The molecule has 0 saturated carbocycles.